The van der Waals surface area contributed by atoms with Crippen molar-refractivity contribution >= 4 is 10.0 Å². The molecule has 162 valence electrons. The highest BCUT2D eigenvalue weighted by Gasteiger charge is 2.46. The third-order valence-electron chi connectivity index (χ3n) is 6.31. The zero-order valence-electron chi connectivity index (χ0n) is 17.7. The maximum atomic E-state index is 13.2. The van der Waals surface area contributed by atoms with Crippen molar-refractivity contribution in [3.63, 3.8) is 0 Å². The second-order valence-corrected chi connectivity index (χ2v) is 10.3. The molecule has 2 saturated heterocycles. The van der Waals surface area contributed by atoms with Gasteiger partial charge in [0, 0.05) is 19.6 Å². The Balaban J connectivity index is 1.40. The van der Waals surface area contributed by atoms with Crippen molar-refractivity contribution in [1.82, 2.24) is 9.21 Å². The number of benzene rings is 2. The molecule has 0 aromatic heterocycles. The number of hydrogen-bond donors (Lipinski definition) is 0. The highest BCUT2D eigenvalue weighted by Crippen LogP contribution is 2.35. The van der Waals surface area contributed by atoms with Gasteiger partial charge in [0.25, 0.3) is 0 Å². The number of methoxy groups -OCH3 is 2. The molecule has 2 fully saturated rings. The predicted octanol–water partition coefficient (Wildman–Crippen LogP) is 3.13. The largest absolute Gasteiger partial charge is 0.497 e. The maximum Gasteiger partial charge on any atom is 0.217 e. The summed E-state index contributed by atoms with van der Waals surface area (Å²) in [6.07, 6.45) is 1.60. The fourth-order valence-electron chi connectivity index (χ4n) is 4.63. The van der Waals surface area contributed by atoms with Gasteiger partial charge in [0.15, 0.2) is 0 Å². The van der Waals surface area contributed by atoms with Gasteiger partial charge in [-0.2, -0.15) is 4.31 Å². The molecular formula is C23H30N2O4S. The third kappa shape index (κ3) is 4.48. The first kappa shape index (κ1) is 21.2. The van der Waals surface area contributed by atoms with E-state index in [1.54, 1.807) is 18.5 Å². The van der Waals surface area contributed by atoms with Gasteiger partial charge in [0.2, 0.25) is 10.0 Å². The lowest BCUT2D eigenvalue weighted by Crippen LogP contribution is -2.31. The molecule has 2 aromatic rings. The minimum Gasteiger partial charge on any atom is -0.497 e. The normalized spacial score (nSPS) is 24.2. The number of likely N-dealkylation sites (tertiary alicyclic amines) is 1. The minimum atomic E-state index is -3.28. The van der Waals surface area contributed by atoms with E-state index in [1.165, 1.54) is 5.56 Å². The first-order valence-electron chi connectivity index (χ1n) is 10.5. The van der Waals surface area contributed by atoms with Crippen LogP contribution in [0.2, 0.25) is 0 Å². The van der Waals surface area contributed by atoms with Crippen molar-refractivity contribution in [2.75, 3.05) is 33.9 Å². The lowest BCUT2D eigenvalue weighted by molar-refractivity contribution is 0.266. The quantitative estimate of drug-likeness (QED) is 0.705. The van der Waals surface area contributed by atoms with Crippen LogP contribution in [0.1, 0.15) is 24.0 Å². The highest BCUT2D eigenvalue weighted by atomic mass is 32.2. The summed E-state index contributed by atoms with van der Waals surface area (Å²) in [7, 11) is 0.0288. The second-order valence-electron chi connectivity index (χ2n) is 8.19. The summed E-state index contributed by atoms with van der Waals surface area (Å²) >= 11 is 0. The van der Waals surface area contributed by atoms with Gasteiger partial charge in [-0.25, -0.2) is 8.42 Å². The first-order valence-corrected chi connectivity index (χ1v) is 12.0. The molecule has 0 radical (unpaired) electrons. The molecule has 7 heteroatoms. The number of hydrogen-bond acceptors (Lipinski definition) is 5. The Kier molecular flexibility index (Phi) is 6.32. The molecule has 0 N–H and O–H groups in total. The Bertz CT molecular complexity index is 961. The molecule has 4 rings (SSSR count). The number of sulfonamides is 1. The standard InChI is InChI=1S/C23H30N2O4S/c1-28-21-8-6-18(7-9-21)16-25-17-20-10-12-24(13-11-23(20)30(25,26)27)15-19-4-3-5-22(14-19)29-2/h3-9,14,20,23H,10-13,15-17H2,1-2H3/t20-,23-/m0/s1. The van der Waals surface area contributed by atoms with Crippen LogP contribution in [0.5, 0.6) is 11.5 Å². The van der Waals surface area contributed by atoms with Gasteiger partial charge in [0.05, 0.1) is 19.5 Å². The van der Waals surface area contributed by atoms with Gasteiger partial charge < -0.3 is 9.47 Å². The second kappa shape index (κ2) is 8.96. The average molecular weight is 431 g/mol. The van der Waals surface area contributed by atoms with Crippen molar-refractivity contribution in [3.05, 3.63) is 59.7 Å². The van der Waals surface area contributed by atoms with E-state index in [4.69, 9.17) is 9.47 Å². The molecule has 0 unspecified atom stereocenters. The van der Waals surface area contributed by atoms with Crippen molar-refractivity contribution in [2.45, 2.75) is 31.2 Å². The summed E-state index contributed by atoms with van der Waals surface area (Å²) in [6.45, 7) is 3.60. The lowest BCUT2D eigenvalue weighted by atomic mass is 10.0. The lowest BCUT2D eigenvalue weighted by Gasteiger charge is -2.22. The number of rotatable bonds is 6. The van der Waals surface area contributed by atoms with Crippen LogP contribution in [0.25, 0.3) is 0 Å². The average Bonchev–Trinajstić information content (AvgIpc) is 2.88. The number of nitrogens with zero attached hydrogens (tertiary/aromatic N) is 2. The molecule has 0 amide bonds. The Morgan fingerprint density at radius 2 is 1.63 bits per heavy atom. The molecule has 2 aliphatic heterocycles. The van der Waals surface area contributed by atoms with Gasteiger partial charge in [-0.3, -0.25) is 4.90 Å². The van der Waals surface area contributed by atoms with E-state index in [9.17, 15) is 8.42 Å². The van der Waals surface area contributed by atoms with Crippen LogP contribution >= 0.6 is 0 Å². The molecular weight excluding hydrogens is 400 g/mol. The summed E-state index contributed by atoms with van der Waals surface area (Å²) in [6, 6.07) is 15.7. The van der Waals surface area contributed by atoms with E-state index in [0.717, 1.165) is 43.1 Å². The van der Waals surface area contributed by atoms with Crippen LogP contribution in [0, 0.1) is 5.92 Å². The molecule has 2 atom stereocenters. The number of ether oxygens (including phenoxy) is 2. The van der Waals surface area contributed by atoms with E-state index in [2.05, 4.69) is 17.0 Å². The Morgan fingerprint density at radius 1 is 0.900 bits per heavy atom. The zero-order valence-corrected chi connectivity index (χ0v) is 18.5. The Labute approximate surface area is 179 Å². The first-order chi connectivity index (χ1) is 14.5. The van der Waals surface area contributed by atoms with Gasteiger partial charge in [0.1, 0.15) is 11.5 Å². The molecule has 0 saturated carbocycles. The van der Waals surface area contributed by atoms with Crippen LogP contribution in [0.15, 0.2) is 48.5 Å². The number of fused-ring (bicyclic) bond motifs is 1. The predicted molar refractivity (Wildman–Crippen MR) is 117 cm³/mol. The van der Waals surface area contributed by atoms with E-state index >= 15 is 0 Å². The summed E-state index contributed by atoms with van der Waals surface area (Å²) in [5.74, 6) is 1.84. The van der Waals surface area contributed by atoms with Gasteiger partial charge in [-0.05, 0) is 67.2 Å². The fraction of sp³-hybridized carbons (Fsp3) is 0.478. The molecule has 2 aliphatic rings. The smallest absolute Gasteiger partial charge is 0.217 e. The van der Waals surface area contributed by atoms with Crippen LogP contribution < -0.4 is 9.47 Å². The molecule has 2 aromatic carbocycles. The van der Waals surface area contributed by atoms with Crippen LogP contribution in [0.3, 0.4) is 0 Å². The van der Waals surface area contributed by atoms with E-state index in [-0.39, 0.29) is 11.2 Å². The summed E-state index contributed by atoms with van der Waals surface area (Å²) in [5, 5.41) is -0.272. The molecule has 6 nitrogen and oxygen atoms in total. The maximum absolute atomic E-state index is 13.2. The van der Waals surface area contributed by atoms with Crippen molar-refractivity contribution in [3.8, 4) is 11.5 Å². The Morgan fingerprint density at radius 3 is 2.37 bits per heavy atom. The SMILES string of the molecule is COc1ccc(CN2C[C@@H]3CCN(Cc4cccc(OC)c4)CC[C@@H]3S2(=O)=O)cc1. The summed E-state index contributed by atoms with van der Waals surface area (Å²) < 4.78 is 38.6. The van der Waals surface area contributed by atoms with Gasteiger partial charge in [-0.15, -0.1) is 0 Å². The van der Waals surface area contributed by atoms with Crippen molar-refractivity contribution < 1.29 is 17.9 Å². The molecule has 2 heterocycles. The van der Waals surface area contributed by atoms with Crippen LogP contribution in [0.4, 0.5) is 0 Å². The minimum absolute atomic E-state index is 0.198. The molecule has 30 heavy (non-hydrogen) atoms. The molecule has 0 bridgehead atoms. The van der Waals surface area contributed by atoms with Gasteiger partial charge in [-0.1, -0.05) is 24.3 Å². The van der Waals surface area contributed by atoms with Crippen LogP contribution in [-0.4, -0.2) is 56.7 Å². The highest BCUT2D eigenvalue weighted by molar-refractivity contribution is 7.90. The monoisotopic (exact) mass is 430 g/mol. The topological polar surface area (TPSA) is 59.1 Å². The molecule has 0 aliphatic carbocycles. The zero-order chi connectivity index (χ0) is 21.1. The van der Waals surface area contributed by atoms with Crippen molar-refractivity contribution in [1.29, 1.82) is 0 Å². The van der Waals surface area contributed by atoms with Crippen LogP contribution in [-0.2, 0) is 23.1 Å². The Hall–Kier alpha value is -2.09. The summed E-state index contributed by atoms with van der Waals surface area (Å²) in [5.41, 5.74) is 2.20. The van der Waals surface area contributed by atoms with Crippen molar-refractivity contribution in [2.24, 2.45) is 5.92 Å². The van der Waals surface area contributed by atoms with E-state index in [1.807, 2.05) is 36.4 Å². The van der Waals surface area contributed by atoms with E-state index in [0.29, 0.717) is 19.5 Å². The van der Waals surface area contributed by atoms with Gasteiger partial charge >= 0.3 is 0 Å². The fourth-order valence-corrected chi connectivity index (χ4v) is 6.85. The molecule has 0 spiro atoms. The third-order valence-corrected chi connectivity index (χ3v) is 8.69. The van der Waals surface area contributed by atoms with E-state index < -0.39 is 10.0 Å². The summed E-state index contributed by atoms with van der Waals surface area (Å²) in [4.78, 5) is 2.37.